The maximum Gasteiger partial charge on any atom is 0.149 e. The number of methoxy groups -OCH3 is 1. The summed E-state index contributed by atoms with van der Waals surface area (Å²) in [4.78, 5) is 0.626. The minimum atomic E-state index is -1.66. The second kappa shape index (κ2) is 7.85. The minimum Gasteiger partial charge on any atom is -0.495 e. The summed E-state index contributed by atoms with van der Waals surface area (Å²) in [5, 5.41) is 4.23. The highest BCUT2D eigenvalue weighted by Gasteiger charge is 2.24. The van der Waals surface area contributed by atoms with Gasteiger partial charge >= 0.3 is 0 Å². The molecule has 0 aliphatic heterocycles. The van der Waals surface area contributed by atoms with Gasteiger partial charge in [-0.1, -0.05) is 48.5 Å². The van der Waals surface area contributed by atoms with Crippen molar-refractivity contribution in [2.24, 2.45) is 0 Å². The van der Waals surface area contributed by atoms with E-state index in [1.54, 1.807) is 7.11 Å². The Morgan fingerprint density at radius 2 is 1.37 bits per heavy atom. The van der Waals surface area contributed by atoms with E-state index in [0.717, 1.165) is 45.6 Å². The standard InChI is InChI=1S/C21H13ClI2O2S/c1-26-20-16(23)10-12-6-2-4-8-14(12)18(20)19-15-9-5-3-7-13(15)11-17(24)21(19)27(22)25/h2-11H,1H3. The van der Waals surface area contributed by atoms with Gasteiger partial charge in [0.25, 0.3) is 0 Å². The third kappa shape index (κ3) is 3.36. The molecule has 27 heavy (non-hydrogen) atoms. The lowest BCUT2D eigenvalue weighted by molar-refractivity contribution is 0.414. The summed E-state index contributed by atoms with van der Waals surface area (Å²) in [6.45, 7) is 0. The molecule has 4 aromatic rings. The molecule has 0 amide bonds. The van der Waals surface area contributed by atoms with Crippen molar-refractivity contribution < 1.29 is 8.95 Å². The molecule has 0 saturated heterocycles. The SMILES string of the molecule is COc1c(I)cc2ccccc2c1-c1c(S(=O)Cl)c(I)cc2ccccc12. The summed E-state index contributed by atoms with van der Waals surface area (Å²) in [7, 11) is 6.18. The van der Waals surface area contributed by atoms with E-state index in [-0.39, 0.29) is 0 Å². The van der Waals surface area contributed by atoms with Crippen LogP contribution in [0.1, 0.15) is 0 Å². The zero-order valence-electron chi connectivity index (χ0n) is 14.1. The zero-order chi connectivity index (χ0) is 19.1. The molecule has 0 aromatic heterocycles. The van der Waals surface area contributed by atoms with Crippen LogP contribution in [-0.4, -0.2) is 11.3 Å². The first-order chi connectivity index (χ1) is 13.0. The normalized spacial score (nSPS) is 12.4. The van der Waals surface area contributed by atoms with Crippen molar-refractivity contribution in [1.29, 1.82) is 0 Å². The van der Waals surface area contributed by atoms with E-state index < -0.39 is 10.0 Å². The maximum absolute atomic E-state index is 12.6. The molecule has 1 atom stereocenters. The van der Waals surface area contributed by atoms with Crippen LogP contribution in [0, 0.1) is 7.14 Å². The van der Waals surface area contributed by atoms with Gasteiger partial charge in [0.05, 0.1) is 15.6 Å². The molecule has 4 aromatic carbocycles. The third-order valence-electron chi connectivity index (χ3n) is 4.53. The number of fused-ring (bicyclic) bond motifs is 2. The van der Waals surface area contributed by atoms with E-state index in [2.05, 4.69) is 69.4 Å². The Labute approximate surface area is 191 Å². The van der Waals surface area contributed by atoms with Crippen LogP contribution in [0.5, 0.6) is 5.75 Å². The molecule has 136 valence electrons. The van der Waals surface area contributed by atoms with Gasteiger partial charge in [-0.25, -0.2) is 4.21 Å². The van der Waals surface area contributed by atoms with E-state index in [9.17, 15) is 4.21 Å². The van der Waals surface area contributed by atoms with Crippen LogP contribution in [0.15, 0.2) is 65.6 Å². The van der Waals surface area contributed by atoms with Crippen LogP contribution in [-0.2, 0) is 10.0 Å². The molecule has 0 bridgehead atoms. The third-order valence-corrected chi connectivity index (χ3v) is 7.75. The minimum absolute atomic E-state index is 0.626. The van der Waals surface area contributed by atoms with Crippen molar-refractivity contribution >= 4 is 87.4 Å². The van der Waals surface area contributed by atoms with E-state index in [1.807, 2.05) is 36.4 Å². The average Bonchev–Trinajstić information content (AvgIpc) is 2.65. The number of hydrogen-bond donors (Lipinski definition) is 0. The monoisotopic (exact) mass is 618 g/mol. The predicted octanol–water partition coefficient (Wildman–Crippen LogP) is 7.14. The summed E-state index contributed by atoms with van der Waals surface area (Å²) in [6.07, 6.45) is 0. The zero-order valence-corrected chi connectivity index (χ0v) is 20.0. The molecule has 6 heteroatoms. The van der Waals surface area contributed by atoms with Crippen molar-refractivity contribution in [2.75, 3.05) is 7.11 Å². The maximum atomic E-state index is 12.6. The fraction of sp³-hybridized carbons (Fsp3) is 0.0476. The van der Waals surface area contributed by atoms with Gasteiger partial charge in [-0.2, -0.15) is 0 Å². The molecule has 0 aliphatic carbocycles. The smallest absolute Gasteiger partial charge is 0.149 e. The predicted molar refractivity (Wildman–Crippen MR) is 131 cm³/mol. The summed E-state index contributed by atoms with van der Waals surface area (Å²) in [5.41, 5.74) is 1.80. The van der Waals surface area contributed by atoms with Crippen LogP contribution in [0.4, 0.5) is 0 Å². The molecule has 2 nitrogen and oxygen atoms in total. The highest BCUT2D eigenvalue weighted by Crippen LogP contribution is 2.47. The van der Waals surface area contributed by atoms with Gasteiger partial charge in [0.15, 0.2) is 0 Å². The fourth-order valence-corrected chi connectivity index (χ4v) is 6.93. The van der Waals surface area contributed by atoms with Gasteiger partial charge in [0, 0.05) is 14.7 Å². The summed E-state index contributed by atoms with van der Waals surface area (Å²) < 4.78 is 20.2. The Balaban J connectivity index is 2.31. The van der Waals surface area contributed by atoms with Crippen molar-refractivity contribution in [2.45, 2.75) is 4.90 Å². The van der Waals surface area contributed by atoms with E-state index >= 15 is 0 Å². The number of hydrogen-bond acceptors (Lipinski definition) is 2. The Bertz CT molecular complexity index is 1220. The lowest BCUT2D eigenvalue weighted by Gasteiger charge is -2.19. The van der Waals surface area contributed by atoms with Crippen LogP contribution >= 0.6 is 55.9 Å². The van der Waals surface area contributed by atoms with Gasteiger partial charge in [0.1, 0.15) is 15.8 Å². The number of halogens is 3. The quantitative estimate of drug-likeness (QED) is 0.180. The van der Waals surface area contributed by atoms with Crippen LogP contribution in [0.2, 0.25) is 0 Å². The first-order valence-corrected chi connectivity index (χ1v) is 12.2. The van der Waals surface area contributed by atoms with Crippen LogP contribution in [0.3, 0.4) is 0 Å². The topological polar surface area (TPSA) is 26.3 Å². The average molecular weight is 619 g/mol. The van der Waals surface area contributed by atoms with E-state index in [1.165, 1.54) is 0 Å². The van der Waals surface area contributed by atoms with Crippen molar-refractivity contribution in [3.05, 3.63) is 67.8 Å². The molecule has 0 heterocycles. The Kier molecular flexibility index (Phi) is 5.64. The van der Waals surface area contributed by atoms with Crippen molar-refractivity contribution in [3.63, 3.8) is 0 Å². The fourth-order valence-electron chi connectivity index (χ4n) is 3.44. The molecule has 0 spiro atoms. The molecule has 0 fully saturated rings. The van der Waals surface area contributed by atoms with E-state index in [4.69, 9.17) is 15.4 Å². The van der Waals surface area contributed by atoms with Gasteiger partial charge in [-0.05, 0) is 89.5 Å². The molecule has 0 N–H and O–H groups in total. The second-order valence-electron chi connectivity index (χ2n) is 5.99. The van der Waals surface area contributed by atoms with Gasteiger partial charge in [0.2, 0.25) is 0 Å². The molecule has 0 radical (unpaired) electrons. The lowest BCUT2D eigenvalue weighted by Crippen LogP contribution is -1.99. The molecule has 0 saturated carbocycles. The Hall–Kier alpha value is -0.900. The summed E-state index contributed by atoms with van der Waals surface area (Å²) in [6, 6.07) is 20.4. The van der Waals surface area contributed by atoms with Crippen molar-refractivity contribution in [3.8, 4) is 16.9 Å². The molecular weight excluding hydrogens is 606 g/mol. The molecular formula is C21H13ClI2O2S. The first kappa shape index (κ1) is 19.4. The second-order valence-corrected chi connectivity index (χ2v) is 10.0. The first-order valence-electron chi connectivity index (χ1n) is 8.07. The van der Waals surface area contributed by atoms with Gasteiger partial charge < -0.3 is 4.74 Å². The van der Waals surface area contributed by atoms with E-state index in [0.29, 0.717) is 4.90 Å². The highest BCUT2D eigenvalue weighted by atomic mass is 127. The Morgan fingerprint density at radius 3 is 1.93 bits per heavy atom. The van der Waals surface area contributed by atoms with Crippen LogP contribution in [0.25, 0.3) is 32.7 Å². The van der Waals surface area contributed by atoms with Gasteiger partial charge in [-0.3, -0.25) is 0 Å². The molecule has 4 rings (SSSR count). The van der Waals surface area contributed by atoms with Crippen molar-refractivity contribution in [1.82, 2.24) is 0 Å². The molecule has 1 unspecified atom stereocenters. The molecule has 0 aliphatic rings. The largest absolute Gasteiger partial charge is 0.495 e. The summed E-state index contributed by atoms with van der Waals surface area (Å²) >= 11 is 4.50. The number of ether oxygens (including phenoxy) is 1. The number of benzene rings is 4. The van der Waals surface area contributed by atoms with Crippen LogP contribution < -0.4 is 4.74 Å². The lowest BCUT2D eigenvalue weighted by atomic mass is 9.93. The number of rotatable bonds is 3. The summed E-state index contributed by atoms with van der Waals surface area (Å²) in [5.74, 6) is 0.768. The highest BCUT2D eigenvalue weighted by molar-refractivity contribution is 14.1. The van der Waals surface area contributed by atoms with Gasteiger partial charge in [-0.15, -0.1) is 0 Å². The Morgan fingerprint density at radius 1 is 0.852 bits per heavy atom.